The van der Waals surface area contributed by atoms with Crippen molar-refractivity contribution in [2.75, 3.05) is 27.2 Å². The molecular formula is C23H32N4. The standard InChI is InChI=1S/C23H32N4/c1-4-27(3)17-20-10-8-9-19(15-20)16-25-22(24-2)26-18-23(13-14-23)21-11-6-5-7-12-21/h5-12,15H,4,13-14,16-18H2,1-3H3,(H2,24,25,26). The molecule has 4 heteroatoms. The number of aliphatic imine (C=N–C) groups is 1. The van der Waals surface area contributed by atoms with Crippen LogP contribution in [0.2, 0.25) is 0 Å². The van der Waals surface area contributed by atoms with Gasteiger partial charge in [0.15, 0.2) is 5.96 Å². The first kappa shape index (κ1) is 19.4. The van der Waals surface area contributed by atoms with Crippen LogP contribution in [-0.4, -0.2) is 38.0 Å². The zero-order chi connectivity index (χ0) is 19.1. The van der Waals surface area contributed by atoms with E-state index in [1.807, 2.05) is 7.05 Å². The van der Waals surface area contributed by atoms with Gasteiger partial charge in [0, 0.05) is 32.1 Å². The van der Waals surface area contributed by atoms with Crippen LogP contribution in [0, 0.1) is 0 Å². The van der Waals surface area contributed by atoms with E-state index in [9.17, 15) is 0 Å². The second-order valence-corrected chi connectivity index (χ2v) is 7.58. The second kappa shape index (κ2) is 9.05. The van der Waals surface area contributed by atoms with E-state index in [0.29, 0.717) is 0 Å². The molecule has 2 aromatic rings. The molecule has 144 valence electrons. The summed E-state index contributed by atoms with van der Waals surface area (Å²) >= 11 is 0. The summed E-state index contributed by atoms with van der Waals surface area (Å²) in [6.07, 6.45) is 2.49. The summed E-state index contributed by atoms with van der Waals surface area (Å²) in [5.74, 6) is 0.869. The van der Waals surface area contributed by atoms with Gasteiger partial charge in [0.05, 0.1) is 0 Å². The van der Waals surface area contributed by atoms with Crippen molar-refractivity contribution < 1.29 is 0 Å². The molecule has 0 bridgehead atoms. The highest BCUT2D eigenvalue weighted by Crippen LogP contribution is 2.47. The molecule has 0 amide bonds. The molecule has 1 aliphatic carbocycles. The van der Waals surface area contributed by atoms with Gasteiger partial charge in [0.2, 0.25) is 0 Å². The van der Waals surface area contributed by atoms with Crippen LogP contribution >= 0.6 is 0 Å². The summed E-state index contributed by atoms with van der Waals surface area (Å²) < 4.78 is 0. The van der Waals surface area contributed by atoms with Crippen molar-refractivity contribution in [1.29, 1.82) is 0 Å². The number of nitrogens with one attached hydrogen (secondary N) is 2. The molecule has 0 aromatic heterocycles. The Morgan fingerprint density at radius 3 is 2.44 bits per heavy atom. The van der Waals surface area contributed by atoms with E-state index in [0.717, 1.165) is 32.1 Å². The van der Waals surface area contributed by atoms with E-state index in [1.54, 1.807) is 0 Å². The summed E-state index contributed by atoms with van der Waals surface area (Å²) in [5, 5.41) is 6.98. The van der Waals surface area contributed by atoms with Crippen LogP contribution in [-0.2, 0) is 18.5 Å². The molecule has 3 rings (SSSR count). The quantitative estimate of drug-likeness (QED) is 0.556. The highest BCUT2D eigenvalue weighted by Gasteiger charge is 2.43. The van der Waals surface area contributed by atoms with Gasteiger partial charge in [-0.2, -0.15) is 0 Å². The zero-order valence-electron chi connectivity index (χ0n) is 16.8. The fourth-order valence-corrected chi connectivity index (χ4v) is 3.43. The summed E-state index contributed by atoms with van der Waals surface area (Å²) in [4.78, 5) is 6.71. The Bertz CT molecular complexity index is 750. The lowest BCUT2D eigenvalue weighted by atomic mass is 9.96. The fraction of sp³-hybridized carbons (Fsp3) is 0.435. The van der Waals surface area contributed by atoms with Crippen LogP contribution in [0.25, 0.3) is 0 Å². The smallest absolute Gasteiger partial charge is 0.191 e. The van der Waals surface area contributed by atoms with Gasteiger partial charge >= 0.3 is 0 Å². The highest BCUT2D eigenvalue weighted by atomic mass is 15.2. The maximum atomic E-state index is 4.40. The van der Waals surface area contributed by atoms with Crippen LogP contribution in [0.1, 0.15) is 36.5 Å². The number of hydrogen-bond donors (Lipinski definition) is 2. The van der Waals surface area contributed by atoms with Gasteiger partial charge in [0.25, 0.3) is 0 Å². The molecule has 2 N–H and O–H groups in total. The third-order valence-electron chi connectivity index (χ3n) is 5.50. The SMILES string of the molecule is CCN(C)Cc1cccc(CNC(=NC)NCC2(c3ccccc3)CC2)c1. The van der Waals surface area contributed by atoms with Crippen molar-refractivity contribution in [2.24, 2.45) is 4.99 Å². The van der Waals surface area contributed by atoms with Gasteiger partial charge in [-0.3, -0.25) is 4.99 Å². The minimum atomic E-state index is 0.281. The van der Waals surface area contributed by atoms with Crippen molar-refractivity contribution in [3.05, 3.63) is 71.3 Å². The van der Waals surface area contributed by atoms with E-state index in [2.05, 4.69) is 89.1 Å². The summed E-state index contributed by atoms with van der Waals surface area (Å²) in [7, 11) is 3.99. The number of nitrogens with zero attached hydrogens (tertiary/aromatic N) is 2. The summed E-state index contributed by atoms with van der Waals surface area (Å²) in [6.45, 7) is 5.93. The van der Waals surface area contributed by atoms with Gasteiger partial charge in [-0.1, -0.05) is 61.5 Å². The van der Waals surface area contributed by atoms with E-state index in [4.69, 9.17) is 0 Å². The van der Waals surface area contributed by atoms with E-state index >= 15 is 0 Å². The molecule has 0 saturated heterocycles. The minimum Gasteiger partial charge on any atom is -0.356 e. The first-order valence-electron chi connectivity index (χ1n) is 9.91. The van der Waals surface area contributed by atoms with Crippen molar-refractivity contribution >= 4 is 5.96 Å². The van der Waals surface area contributed by atoms with Gasteiger partial charge < -0.3 is 15.5 Å². The number of hydrogen-bond acceptors (Lipinski definition) is 2. The molecule has 1 saturated carbocycles. The van der Waals surface area contributed by atoms with Crippen LogP contribution in [0.3, 0.4) is 0 Å². The van der Waals surface area contributed by atoms with Crippen molar-refractivity contribution in [3.8, 4) is 0 Å². The van der Waals surface area contributed by atoms with Crippen LogP contribution < -0.4 is 10.6 Å². The Labute approximate surface area is 163 Å². The lowest BCUT2D eigenvalue weighted by molar-refractivity contribution is 0.345. The molecule has 0 aliphatic heterocycles. The number of guanidine groups is 1. The lowest BCUT2D eigenvalue weighted by Gasteiger charge is -2.19. The normalized spacial score (nSPS) is 15.6. The zero-order valence-corrected chi connectivity index (χ0v) is 16.8. The molecule has 1 aliphatic rings. The van der Waals surface area contributed by atoms with Crippen LogP contribution in [0.15, 0.2) is 59.6 Å². The van der Waals surface area contributed by atoms with Crippen molar-refractivity contribution in [2.45, 2.75) is 38.3 Å². The fourth-order valence-electron chi connectivity index (χ4n) is 3.43. The Morgan fingerprint density at radius 1 is 1.04 bits per heavy atom. The van der Waals surface area contributed by atoms with Crippen LogP contribution in [0.5, 0.6) is 0 Å². The monoisotopic (exact) mass is 364 g/mol. The lowest BCUT2D eigenvalue weighted by Crippen LogP contribution is -2.40. The Balaban J connectivity index is 1.52. The average Bonchev–Trinajstić information content (AvgIpc) is 3.50. The van der Waals surface area contributed by atoms with Crippen LogP contribution in [0.4, 0.5) is 0 Å². The minimum absolute atomic E-state index is 0.281. The Kier molecular flexibility index (Phi) is 6.51. The van der Waals surface area contributed by atoms with Gasteiger partial charge in [-0.25, -0.2) is 0 Å². The predicted molar refractivity (Wildman–Crippen MR) is 114 cm³/mol. The third-order valence-corrected chi connectivity index (χ3v) is 5.50. The van der Waals surface area contributed by atoms with E-state index in [-0.39, 0.29) is 5.41 Å². The topological polar surface area (TPSA) is 39.7 Å². The highest BCUT2D eigenvalue weighted by molar-refractivity contribution is 5.79. The number of rotatable bonds is 8. The first-order chi connectivity index (χ1) is 13.1. The molecule has 2 aromatic carbocycles. The molecule has 1 fully saturated rings. The summed E-state index contributed by atoms with van der Waals surface area (Å²) in [5.41, 5.74) is 4.34. The first-order valence-corrected chi connectivity index (χ1v) is 9.91. The second-order valence-electron chi connectivity index (χ2n) is 7.58. The largest absolute Gasteiger partial charge is 0.356 e. The maximum absolute atomic E-state index is 4.40. The molecule has 0 radical (unpaired) electrons. The molecule has 0 heterocycles. The summed E-state index contributed by atoms with van der Waals surface area (Å²) in [6, 6.07) is 19.6. The molecule has 4 nitrogen and oxygen atoms in total. The molecular weight excluding hydrogens is 332 g/mol. The molecule has 0 atom stereocenters. The van der Waals surface area contributed by atoms with E-state index < -0.39 is 0 Å². The average molecular weight is 365 g/mol. The maximum Gasteiger partial charge on any atom is 0.191 e. The Morgan fingerprint density at radius 2 is 1.78 bits per heavy atom. The number of benzene rings is 2. The third kappa shape index (κ3) is 5.33. The molecule has 27 heavy (non-hydrogen) atoms. The van der Waals surface area contributed by atoms with Gasteiger partial charge in [-0.15, -0.1) is 0 Å². The predicted octanol–water partition coefficient (Wildman–Crippen LogP) is 3.54. The van der Waals surface area contributed by atoms with Crippen molar-refractivity contribution in [1.82, 2.24) is 15.5 Å². The van der Waals surface area contributed by atoms with E-state index in [1.165, 1.54) is 29.5 Å². The molecule has 0 spiro atoms. The van der Waals surface area contributed by atoms with Gasteiger partial charge in [-0.05, 0) is 43.1 Å². The van der Waals surface area contributed by atoms with Gasteiger partial charge in [0.1, 0.15) is 0 Å². The van der Waals surface area contributed by atoms with Crippen molar-refractivity contribution in [3.63, 3.8) is 0 Å². The Hall–Kier alpha value is -2.33. The molecule has 0 unspecified atom stereocenters.